The van der Waals surface area contributed by atoms with Crippen molar-refractivity contribution in [3.63, 3.8) is 0 Å². The maximum absolute atomic E-state index is 6.29. The Hall–Kier alpha value is -0.770. The Balaban J connectivity index is 2.18. The van der Waals surface area contributed by atoms with E-state index in [1.165, 1.54) is 0 Å². The van der Waals surface area contributed by atoms with Gasteiger partial charge in [-0.25, -0.2) is 0 Å². The second kappa shape index (κ2) is 5.21. The Bertz CT molecular complexity index is 497. The molecule has 20 heavy (non-hydrogen) atoms. The van der Waals surface area contributed by atoms with Crippen molar-refractivity contribution in [2.24, 2.45) is 5.73 Å². The van der Waals surface area contributed by atoms with Crippen LogP contribution in [-0.2, 0) is 4.74 Å². The highest BCUT2D eigenvalue weighted by Crippen LogP contribution is 2.40. The summed E-state index contributed by atoms with van der Waals surface area (Å²) >= 11 is 6.29. The van der Waals surface area contributed by atoms with Gasteiger partial charge in [0.1, 0.15) is 17.5 Å². The van der Waals surface area contributed by atoms with Crippen molar-refractivity contribution >= 4 is 11.6 Å². The third-order valence-corrected chi connectivity index (χ3v) is 4.04. The molecular weight excluding hydrogens is 274 g/mol. The molecule has 2 N–H and O–H groups in total. The number of halogens is 1. The fraction of sp³-hybridized carbons (Fsp3) is 0.625. The van der Waals surface area contributed by atoms with E-state index in [0.29, 0.717) is 10.8 Å². The van der Waals surface area contributed by atoms with Gasteiger partial charge in [-0.05, 0) is 52.3 Å². The van der Waals surface area contributed by atoms with E-state index in [2.05, 4.69) is 27.7 Å². The Kier molecular flexibility index (Phi) is 4.07. The first-order valence-corrected chi connectivity index (χ1v) is 7.40. The number of rotatable bonds is 3. The molecule has 0 spiro atoms. The fourth-order valence-electron chi connectivity index (χ4n) is 2.74. The molecule has 1 unspecified atom stereocenters. The van der Waals surface area contributed by atoms with Crippen molar-refractivity contribution in [3.8, 4) is 5.75 Å². The Morgan fingerprint density at radius 2 is 2.00 bits per heavy atom. The van der Waals surface area contributed by atoms with Gasteiger partial charge in [-0.15, -0.1) is 0 Å². The van der Waals surface area contributed by atoms with E-state index in [9.17, 15) is 0 Å². The normalized spacial score (nSPS) is 25.4. The molecule has 0 aromatic heterocycles. The molecule has 1 aromatic carbocycles. The van der Waals surface area contributed by atoms with Crippen LogP contribution in [0.15, 0.2) is 18.2 Å². The summed E-state index contributed by atoms with van der Waals surface area (Å²) in [6, 6.07) is 5.68. The molecule has 4 heteroatoms. The summed E-state index contributed by atoms with van der Waals surface area (Å²) in [5.74, 6) is 0.690. The predicted octanol–water partition coefficient (Wildman–Crippen LogP) is 4.08. The van der Waals surface area contributed by atoms with E-state index < -0.39 is 0 Å². The van der Waals surface area contributed by atoms with E-state index >= 15 is 0 Å². The molecule has 1 aliphatic heterocycles. The van der Waals surface area contributed by atoms with Crippen LogP contribution in [0.2, 0.25) is 5.02 Å². The minimum atomic E-state index is -0.327. The molecular formula is C16H24ClNO2. The molecule has 1 fully saturated rings. The van der Waals surface area contributed by atoms with Gasteiger partial charge in [0.05, 0.1) is 10.6 Å². The molecule has 0 bridgehead atoms. The van der Waals surface area contributed by atoms with Crippen LogP contribution >= 0.6 is 11.6 Å². The average molecular weight is 298 g/mol. The number of benzene rings is 1. The zero-order valence-corrected chi connectivity index (χ0v) is 13.6. The second-order valence-corrected chi connectivity index (χ2v) is 7.16. The standard InChI is InChI=1S/C16H24ClNO2/c1-10(18)11-6-7-13(12(17)8-11)19-14-9-15(2,3)20-16(14,4)5/h6-8,10,14H,9,18H2,1-5H3/t10-,14?/m0/s1. The number of nitrogens with two attached hydrogens (primary N) is 1. The highest BCUT2D eigenvalue weighted by Gasteiger charge is 2.47. The predicted molar refractivity (Wildman–Crippen MR) is 82.3 cm³/mol. The highest BCUT2D eigenvalue weighted by atomic mass is 35.5. The zero-order chi connectivity index (χ0) is 15.1. The van der Waals surface area contributed by atoms with Gasteiger partial charge in [-0.3, -0.25) is 0 Å². The number of ether oxygens (including phenoxy) is 2. The lowest BCUT2D eigenvalue weighted by Crippen LogP contribution is -2.36. The lowest BCUT2D eigenvalue weighted by atomic mass is 9.97. The molecule has 1 aliphatic rings. The minimum absolute atomic E-state index is 0.0175. The summed E-state index contributed by atoms with van der Waals surface area (Å²) in [7, 11) is 0. The summed E-state index contributed by atoms with van der Waals surface area (Å²) in [6.45, 7) is 10.2. The van der Waals surface area contributed by atoms with Crippen LogP contribution in [0, 0.1) is 0 Å². The van der Waals surface area contributed by atoms with Gasteiger partial charge < -0.3 is 15.2 Å². The zero-order valence-electron chi connectivity index (χ0n) is 12.9. The maximum atomic E-state index is 6.29. The van der Waals surface area contributed by atoms with Crippen molar-refractivity contribution in [3.05, 3.63) is 28.8 Å². The molecule has 1 heterocycles. The molecule has 0 radical (unpaired) electrons. The quantitative estimate of drug-likeness (QED) is 0.914. The van der Waals surface area contributed by atoms with Crippen LogP contribution < -0.4 is 10.5 Å². The minimum Gasteiger partial charge on any atom is -0.486 e. The average Bonchev–Trinajstić information content (AvgIpc) is 2.49. The van der Waals surface area contributed by atoms with Gasteiger partial charge in [-0.1, -0.05) is 17.7 Å². The van der Waals surface area contributed by atoms with E-state index in [4.69, 9.17) is 26.8 Å². The second-order valence-electron chi connectivity index (χ2n) is 6.75. The summed E-state index contributed by atoms with van der Waals surface area (Å²) in [5, 5.41) is 0.598. The fourth-order valence-corrected chi connectivity index (χ4v) is 2.98. The topological polar surface area (TPSA) is 44.5 Å². The molecule has 0 aliphatic carbocycles. The van der Waals surface area contributed by atoms with Crippen LogP contribution in [0.4, 0.5) is 0 Å². The van der Waals surface area contributed by atoms with E-state index in [0.717, 1.165) is 12.0 Å². The molecule has 0 amide bonds. The van der Waals surface area contributed by atoms with E-state index in [1.54, 1.807) is 0 Å². The van der Waals surface area contributed by atoms with Crippen LogP contribution in [0.3, 0.4) is 0 Å². The van der Waals surface area contributed by atoms with Crippen molar-refractivity contribution in [1.29, 1.82) is 0 Å². The first-order chi connectivity index (χ1) is 9.11. The molecule has 1 saturated heterocycles. The maximum Gasteiger partial charge on any atom is 0.138 e. The van der Waals surface area contributed by atoms with E-state index in [-0.39, 0.29) is 23.3 Å². The largest absolute Gasteiger partial charge is 0.486 e. The van der Waals surface area contributed by atoms with Crippen LogP contribution in [0.25, 0.3) is 0 Å². The van der Waals surface area contributed by atoms with Crippen LogP contribution in [0.1, 0.15) is 52.6 Å². The first-order valence-electron chi connectivity index (χ1n) is 7.02. The molecule has 1 aromatic rings. The molecule has 2 atom stereocenters. The summed E-state index contributed by atoms with van der Waals surface area (Å²) in [5.41, 5.74) is 6.36. The summed E-state index contributed by atoms with van der Waals surface area (Å²) in [4.78, 5) is 0. The van der Waals surface area contributed by atoms with Gasteiger partial charge in [0.25, 0.3) is 0 Å². The Morgan fingerprint density at radius 3 is 2.45 bits per heavy atom. The van der Waals surface area contributed by atoms with E-state index in [1.807, 2.05) is 25.1 Å². The van der Waals surface area contributed by atoms with Crippen molar-refractivity contribution in [2.75, 3.05) is 0 Å². The highest BCUT2D eigenvalue weighted by molar-refractivity contribution is 6.32. The monoisotopic (exact) mass is 297 g/mol. The smallest absolute Gasteiger partial charge is 0.138 e. The van der Waals surface area contributed by atoms with Gasteiger partial charge >= 0.3 is 0 Å². The Morgan fingerprint density at radius 1 is 1.35 bits per heavy atom. The molecule has 112 valence electrons. The lowest BCUT2D eigenvalue weighted by Gasteiger charge is -2.27. The van der Waals surface area contributed by atoms with Crippen LogP contribution in [0.5, 0.6) is 5.75 Å². The third-order valence-electron chi connectivity index (χ3n) is 3.74. The van der Waals surface area contributed by atoms with Gasteiger partial charge in [0.15, 0.2) is 0 Å². The number of hydrogen-bond acceptors (Lipinski definition) is 3. The Labute approximate surface area is 126 Å². The van der Waals surface area contributed by atoms with Crippen molar-refractivity contribution < 1.29 is 9.47 Å². The van der Waals surface area contributed by atoms with Crippen molar-refractivity contribution in [1.82, 2.24) is 0 Å². The summed E-state index contributed by atoms with van der Waals surface area (Å²) < 4.78 is 12.1. The molecule has 2 rings (SSSR count). The third kappa shape index (κ3) is 3.27. The van der Waals surface area contributed by atoms with Crippen LogP contribution in [-0.4, -0.2) is 17.3 Å². The van der Waals surface area contributed by atoms with Crippen molar-refractivity contribution in [2.45, 2.75) is 64.4 Å². The molecule has 0 saturated carbocycles. The summed E-state index contributed by atoms with van der Waals surface area (Å²) in [6.07, 6.45) is 0.821. The first kappa shape index (κ1) is 15.6. The molecule has 3 nitrogen and oxygen atoms in total. The SMILES string of the molecule is C[C@H](N)c1ccc(OC2CC(C)(C)OC2(C)C)c(Cl)c1. The van der Waals surface area contributed by atoms with Gasteiger partial charge in [-0.2, -0.15) is 0 Å². The van der Waals surface area contributed by atoms with Gasteiger partial charge in [0, 0.05) is 12.5 Å². The number of hydrogen-bond donors (Lipinski definition) is 1. The van der Waals surface area contributed by atoms with Gasteiger partial charge in [0.2, 0.25) is 0 Å². The lowest BCUT2D eigenvalue weighted by molar-refractivity contribution is -0.0845.